The van der Waals surface area contributed by atoms with E-state index in [0.29, 0.717) is 35.2 Å². The minimum Gasteiger partial charge on any atom is -0.322 e. The number of aromatic nitrogens is 2. The number of urea groups is 1. The van der Waals surface area contributed by atoms with Crippen molar-refractivity contribution in [2.75, 3.05) is 0 Å². The van der Waals surface area contributed by atoms with E-state index < -0.39 is 29.2 Å². The van der Waals surface area contributed by atoms with E-state index in [-0.39, 0.29) is 5.56 Å². The molecular formula is C22H25N5O4. The Bertz CT molecular complexity index is 1070. The molecule has 9 nitrogen and oxygen atoms in total. The number of nitrogens with one attached hydrogen (secondary N) is 2. The fraction of sp³-hybridized carbons (Fsp3) is 0.409. The van der Waals surface area contributed by atoms with Gasteiger partial charge in [0.1, 0.15) is 5.54 Å². The van der Waals surface area contributed by atoms with Gasteiger partial charge in [-0.3, -0.25) is 14.4 Å². The van der Waals surface area contributed by atoms with E-state index in [9.17, 15) is 19.2 Å². The molecule has 31 heavy (non-hydrogen) atoms. The van der Waals surface area contributed by atoms with Crippen molar-refractivity contribution in [3.05, 3.63) is 47.3 Å². The van der Waals surface area contributed by atoms with Crippen LogP contribution in [0.15, 0.2) is 30.3 Å². The number of aryl methyl sites for hydroxylation is 1. The first-order valence-corrected chi connectivity index (χ1v) is 10.4. The number of para-hydroxylation sites is 1. The van der Waals surface area contributed by atoms with E-state index in [1.54, 1.807) is 18.5 Å². The lowest BCUT2D eigenvalue weighted by atomic mass is 9.77. The SMILES string of the molecule is Cc1nn(-c2ccccc2)c(C)c1C(=O)C(=O)NN1C(=O)NC2(CCC(C)CC2)C1=O. The first-order valence-electron chi connectivity index (χ1n) is 10.4. The zero-order valence-electron chi connectivity index (χ0n) is 17.8. The van der Waals surface area contributed by atoms with Crippen LogP contribution in [0.5, 0.6) is 0 Å². The highest BCUT2D eigenvalue weighted by Gasteiger charge is 2.53. The normalized spacial score (nSPS) is 23.2. The van der Waals surface area contributed by atoms with Crippen LogP contribution < -0.4 is 10.7 Å². The van der Waals surface area contributed by atoms with Gasteiger partial charge in [-0.1, -0.05) is 25.1 Å². The number of carbonyl (C=O) groups is 4. The molecule has 4 amide bonds. The largest absolute Gasteiger partial charge is 0.344 e. The van der Waals surface area contributed by atoms with Crippen LogP contribution in [0.3, 0.4) is 0 Å². The Hall–Kier alpha value is -3.49. The quantitative estimate of drug-likeness (QED) is 0.445. The van der Waals surface area contributed by atoms with Gasteiger partial charge in [0.05, 0.1) is 22.6 Å². The van der Waals surface area contributed by atoms with Crippen molar-refractivity contribution in [1.82, 2.24) is 25.5 Å². The van der Waals surface area contributed by atoms with Crippen LogP contribution in [0, 0.1) is 19.8 Å². The molecule has 2 aromatic rings. The van der Waals surface area contributed by atoms with E-state index >= 15 is 0 Å². The molecule has 2 heterocycles. The Labute approximate surface area is 179 Å². The number of hydrazine groups is 1. The number of hydrogen-bond donors (Lipinski definition) is 2. The van der Waals surface area contributed by atoms with Gasteiger partial charge in [-0.15, -0.1) is 0 Å². The second-order valence-electron chi connectivity index (χ2n) is 8.40. The molecule has 0 unspecified atom stereocenters. The second-order valence-corrected chi connectivity index (χ2v) is 8.40. The predicted molar refractivity (Wildman–Crippen MR) is 111 cm³/mol. The second kappa shape index (κ2) is 7.64. The predicted octanol–water partition coefficient (Wildman–Crippen LogP) is 2.20. The van der Waals surface area contributed by atoms with Gasteiger partial charge in [-0.2, -0.15) is 10.1 Å². The minimum atomic E-state index is -1.05. The van der Waals surface area contributed by atoms with E-state index in [0.717, 1.165) is 18.5 Å². The van der Waals surface area contributed by atoms with E-state index in [2.05, 4.69) is 22.8 Å². The maximum Gasteiger partial charge on any atom is 0.344 e. The van der Waals surface area contributed by atoms with Crippen LogP contribution in [-0.4, -0.2) is 44.0 Å². The molecule has 9 heteroatoms. The zero-order chi connectivity index (χ0) is 22.3. The molecule has 1 saturated carbocycles. The molecule has 2 aliphatic rings. The van der Waals surface area contributed by atoms with Crippen molar-refractivity contribution in [2.24, 2.45) is 5.92 Å². The molecule has 0 atom stereocenters. The molecule has 2 N–H and O–H groups in total. The van der Waals surface area contributed by atoms with Gasteiger partial charge < -0.3 is 5.32 Å². The summed E-state index contributed by atoms with van der Waals surface area (Å²) < 4.78 is 1.59. The van der Waals surface area contributed by atoms with E-state index in [4.69, 9.17) is 0 Å². The van der Waals surface area contributed by atoms with Crippen LogP contribution in [0.25, 0.3) is 5.69 Å². The first kappa shape index (κ1) is 20.8. The summed E-state index contributed by atoms with van der Waals surface area (Å²) in [6.07, 6.45) is 2.65. The van der Waals surface area contributed by atoms with Crippen LogP contribution in [0.4, 0.5) is 4.79 Å². The molecule has 1 saturated heterocycles. The number of hydrogen-bond acceptors (Lipinski definition) is 5. The summed E-state index contributed by atoms with van der Waals surface area (Å²) in [7, 11) is 0. The van der Waals surface area contributed by atoms with Crippen molar-refractivity contribution in [1.29, 1.82) is 0 Å². The number of benzene rings is 1. The fourth-order valence-corrected chi connectivity index (χ4v) is 4.37. The van der Waals surface area contributed by atoms with Gasteiger partial charge in [0.15, 0.2) is 0 Å². The molecule has 1 aromatic heterocycles. The van der Waals surface area contributed by atoms with Crippen molar-refractivity contribution in [3.8, 4) is 5.69 Å². The summed E-state index contributed by atoms with van der Waals surface area (Å²) in [5.74, 6) is -1.94. The molecule has 1 aliphatic carbocycles. The first-order chi connectivity index (χ1) is 14.7. The fourth-order valence-electron chi connectivity index (χ4n) is 4.37. The average molecular weight is 423 g/mol. The average Bonchev–Trinajstić information content (AvgIpc) is 3.18. The molecule has 2 fully saturated rings. The zero-order valence-corrected chi connectivity index (χ0v) is 17.8. The number of imide groups is 1. The van der Waals surface area contributed by atoms with E-state index in [1.807, 2.05) is 30.3 Å². The smallest absolute Gasteiger partial charge is 0.322 e. The van der Waals surface area contributed by atoms with E-state index in [1.165, 1.54) is 0 Å². The number of nitrogens with zero attached hydrogens (tertiary/aromatic N) is 3. The van der Waals surface area contributed by atoms with Crippen LogP contribution in [-0.2, 0) is 9.59 Å². The Kier molecular flexibility index (Phi) is 5.12. The topological polar surface area (TPSA) is 113 Å². The number of ketones is 1. The molecule has 4 rings (SSSR count). The number of amides is 4. The molecule has 1 aromatic carbocycles. The Balaban J connectivity index is 1.53. The van der Waals surface area contributed by atoms with Crippen molar-refractivity contribution in [2.45, 2.75) is 52.0 Å². The highest BCUT2D eigenvalue weighted by Crippen LogP contribution is 2.35. The van der Waals surface area contributed by atoms with Crippen LogP contribution in [0.2, 0.25) is 0 Å². The Morgan fingerprint density at radius 2 is 1.77 bits per heavy atom. The highest BCUT2D eigenvalue weighted by molar-refractivity contribution is 6.43. The summed E-state index contributed by atoms with van der Waals surface area (Å²) in [6, 6.07) is 8.52. The van der Waals surface area contributed by atoms with Gasteiger partial charge in [-0.05, 0) is 57.6 Å². The van der Waals surface area contributed by atoms with Crippen molar-refractivity contribution in [3.63, 3.8) is 0 Å². The summed E-state index contributed by atoms with van der Waals surface area (Å²) in [4.78, 5) is 50.9. The maximum absolute atomic E-state index is 12.9. The summed E-state index contributed by atoms with van der Waals surface area (Å²) in [6.45, 7) is 5.44. The standard InChI is InChI=1S/C22H25N5O4/c1-13-9-11-22(12-10-13)20(30)27(21(31)23-22)25-19(29)18(28)17-14(2)24-26(15(17)3)16-7-5-4-6-8-16/h4-8,13H,9-12H2,1-3H3,(H,23,31)(H,25,29). The maximum atomic E-state index is 12.9. The van der Waals surface area contributed by atoms with Crippen molar-refractivity contribution >= 4 is 23.6 Å². The van der Waals surface area contributed by atoms with Crippen LogP contribution in [0.1, 0.15) is 54.4 Å². The Morgan fingerprint density at radius 1 is 1.13 bits per heavy atom. The number of Topliss-reactive ketones (excluding diaryl/α,β-unsaturated/α-hetero) is 1. The monoisotopic (exact) mass is 423 g/mol. The lowest BCUT2D eigenvalue weighted by Crippen LogP contribution is -2.52. The molecular weight excluding hydrogens is 398 g/mol. The van der Waals surface area contributed by atoms with Gasteiger partial charge in [0, 0.05) is 0 Å². The van der Waals surface area contributed by atoms with Gasteiger partial charge >= 0.3 is 11.9 Å². The number of carbonyl (C=O) groups excluding carboxylic acids is 4. The highest BCUT2D eigenvalue weighted by atomic mass is 16.2. The molecule has 0 bridgehead atoms. The Morgan fingerprint density at radius 3 is 2.42 bits per heavy atom. The molecule has 1 aliphatic heterocycles. The molecule has 1 spiro atoms. The van der Waals surface area contributed by atoms with Crippen molar-refractivity contribution < 1.29 is 19.2 Å². The molecule has 162 valence electrons. The third-order valence-corrected chi connectivity index (χ3v) is 6.23. The van der Waals surface area contributed by atoms with Gasteiger partial charge in [0.25, 0.3) is 11.7 Å². The molecule has 0 radical (unpaired) electrons. The minimum absolute atomic E-state index is 0.148. The van der Waals surface area contributed by atoms with Gasteiger partial charge in [0.2, 0.25) is 0 Å². The van der Waals surface area contributed by atoms with Gasteiger partial charge in [-0.25, -0.2) is 14.9 Å². The third-order valence-electron chi connectivity index (χ3n) is 6.23. The lowest BCUT2D eigenvalue weighted by Gasteiger charge is -2.33. The summed E-state index contributed by atoms with van der Waals surface area (Å²) >= 11 is 0. The third kappa shape index (κ3) is 3.49. The van der Waals surface area contributed by atoms with Crippen LogP contribution >= 0.6 is 0 Å². The summed E-state index contributed by atoms with van der Waals surface area (Å²) in [5, 5.41) is 7.74. The summed E-state index contributed by atoms with van der Waals surface area (Å²) in [5.41, 5.74) is 3.00. The number of rotatable bonds is 4. The lowest BCUT2D eigenvalue weighted by molar-refractivity contribution is -0.138.